The van der Waals surface area contributed by atoms with Crippen LogP contribution in [0.1, 0.15) is 13.3 Å². The van der Waals surface area contributed by atoms with Crippen LogP contribution in [0.4, 0.5) is 0 Å². The van der Waals surface area contributed by atoms with Crippen molar-refractivity contribution >= 4 is 48.4 Å². The molecule has 0 fully saturated rings. The number of rotatable bonds is 7. The molecule has 10 heteroatoms. The van der Waals surface area contributed by atoms with Crippen molar-refractivity contribution in [1.82, 2.24) is 4.90 Å². The highest BCUT2D eigenvalue weighted by Gasteiger charge is 2.42. The van der Waals surface area contributed by atoms with E-state index in [1.165, 1.54) is 0 Å². The van der Waals surface area contributed by atoms with Crippen molar-refractivity contribution in [3.8, 4) is 0 Å². The molecule has 3 N–H and O–H groups in total. The molecule has 0 bridgehead atoms. The fourth-order valence-electron chi connectivity index (χ4n) is 1.08. The van der Waals surface area contributed by atoms with E-state index in [2.05, 4.69) is 0 Å². The Morgan fingerprint density at radius 1 is 1.47 bits per heavy atom. The van der Waals surface area contributed by atoms with E-state index in [1.54, 1.807) is 6.92 Å². The van der Waals surface area contributed by atoms with Gasteiger partial charge in [0, 0.05) is 0 Å². The summed E-state index contributed by atoms with van der Waals surface area (Å²) < 4.78 is 9.01. The Morgan fingerprint density at radius 3 is 2.24 bits per heavy atom. The second-order valence-corrected chi connectivity index (χ2v) is 6.85. The van der Waals surface area contributed by atoms with Gasteiger partial charge in [-0.25, -0.2) is 4.90 Å². The van der Waals surface area contributed by atoms with E-state index in [4.69, 9.17) is 49.7 Å². The zero-order valence-corrected chi connectivity index (χ0v) is 12.0. The van der Waals surface area contributed by atoms with Crippen LogP contribution in [0.5, 0.6) is 0 Å². The number of carboxylic acids is 1. The van der Waals surface area contributed by atoms with Gasteiger partial charge in [0.05, 0.1) is 11.9 Å². The minimum Gasteiger partial charge on any atom is -0.480 e. The first-order chi connectivity index (χ1) is 7.50. The van der Waals surface area contributed by atoms with Crippen molar-refractivity contribution in [3.63, 3.8) is 0 Å². The van der Waals surface area contributed by atoms with Crippen LogP contribution >= 0.6 is 42.4 Å². The standard InChI is InChI=1S/C7H13Cl3NO5P/c1-2-5(8)7(9,10)11(3-6(12)13)4-17(14,15)16/h5H,2-4H2,1H3,(H,12,13)(H2,14,15,16). The van der Waals surface area contributed by atoms with E-state index in [9.17, 15) is 9.36 Å². The zero-order chi connectivity index (χ0) is 13.9. The van der Waals surface area contributed by atoms with Crippen LogP contribution in [-0.2, 0) is 9.36 Å². The Hall–Kier alpha value is 0.450. The van der Waals surface area contributed by atoms with Crippen LogP contribution in [0, 0.1) is 0 Å². The Balaban J connectivity index is 5.02. The molecule has 0 aliphatic carbocycles. The topological polar surface area (TPSA) is 98.1 Å². The van der Waals surface area contributed by atoms with E-state index in [1.807, 2.05) is 0 Å². The van der Waals surface area contributed by atoms with Gasteiger partial charge in [0.2, 0.25) is 0 Å². The molecular weight excluding hydrogens is 315 g/mol. The smallest absolute Gasteiger partial charge is 0.339 e. The van der Waals surface area contributed by atoms with E-state index in [-0.39, 0.29) is 0 Å². The molecule has 0 aliphatic heterocycles. The van der Waals surface area contributed by atoms with Gasteiger partial charge in [-0.3, -0.25) is 9.36 Å². The lowest BCUT2D eigenvalue weighted by molar-refractivity contribution is -0.138. The zero-order valence-electron chi connectivity index (χ0n) is 8.89. The Kier molecular flexibility index (Phi) is 6.74. The summed E-state index contributed by atoms with van der Waals surface area (Å²) in [6.45, 7) is 0.939. The Morgan fingerprint density at radius 2 is 1.94 bits per heavy atom. The van der Waals surface area contributed by atoms with Crippen LogP contribution in [0.3, 0.4) is 0 Å². The summed E-state index contributed by atoms with van der Waals surface area (Å²) in [6.07, 6.45) is -0.568. The molecule has 0 aliphatic rings. The largest absolute Gasteiger partial charge is 0.480 e. The predicted octanol–water partition coefficient (Wildman–Crippen LogP) is 1.66. The van der Waals surface area contributed by atoms with Gasteiger partial charge in [0.1, 0.15) is 6.29 Å². The molecule has 0 aromatic carbocycles. The summed E-state index contributed by atoms with van der Waals surface area (Å²) in [4.78, 5) is 29.0. The minimum absolute atomic E-state index is 0.311. The molecule has 102 valence electrons. The predicted molar refractivity (Wildman–Crippen MR) is 65.6 cm³/mol. The van der Waals surface area contributed by atoms with Gasteiger partial charge in [-0.15, -0.1) is 11.6 Å². The third-order valence-corrected chi connectivity index (χ3v) is 4.40. The van der Waals surface area contributed by atoms with Crippen molar-refractivity contribution in [2.24, 2.45) is 0 Å². The van der Waals surface area contributed by atoms with Gasteiger partial charge in [-0.1, -0.05) is 30.1 Å². The van der Waals surface area contributed by atoms with Gasteiger partial charge in [-0.05, 0) is 6.42 Å². The molecule has 0 heterocycles. The number of hydrogen-bond donors (Lipinski definition) is 3. The van der Waals surface area contributed by atoms with Gasteiger partial charge in [0.25, 0.3) is 0 Å². The third-order valence-electron chi connectivity index (χ3n) is 1.84. The average Bonchev–Trinajstić information content (AvgIpc) is 2.12. The van der Waals surface area contributed by atoms with Gasteiger partial charge in [-0.2, -0.15) is 0 Å². The van der Waals surface area contributed by atoms with E-state index >= 15 is 0 Å². The van der Waals surface area contributed by atoms with Crippen LogP contribution in [0.25, 0.3) is 0 Å². The fraction of sp³-hybridized carbons (Fsp3) is 0.857. The van der Waals surface area contributed by atoms with E-state index in [0.29, 0.717) is 6.42 Å². The van der Waals surface area contributed by atoms with Crippen molar-refractivity contribution in [3.05, 3.63) is 0 Å². The number of carbonyl (C=O) groups is 1. The molecule has 0 radical (unpaired) electrons. The highest BCUT2D eigenvalue weighted by molar-refractivity contribution is 7.51. The first-order valence-electron chi connectivity index (χ1n) is 4.54. The monoisotopic (exact) mass is 327 g/mol. The molecule has 17 heavy (non-hydrogen) atoms. The number of halogens is 3. The van der Waals surface area contributed by atoms with Crippen LogP contribution in [0.2, 0.25) is 0 Å². The maximum atomic E-state index is 10.9. The highest BCUT2D eigenvalue weighted by atomic mass is 35.5. The van der Waals surface area contributed by atoms with Crippen molar-refractivity contribution < 1.29 is 24.3 Å². The normalized spacial score (nSPS) is 15.0. The fourth-order valence-corrected chi connectivity index (χ4v) is 2.70. The summed E-state index contributed by atoms with van der Waals surface area (Å²) in [7, 11) is -4.49. The van der Waals surface area contributed by atoms with Gasteiger partial charge >= 0.3 is 13.6 Å². The van der Waals surface area contributed by atoms with E-state index in [0.717, 1.165) is 4.90 Å². The number of aliphatic carboxylic acids is 1. The molecule has 0 spiro atoms. The number of nitrogens with zero attached hydrogens (tertiary/aromatic N) is 1. The molecular formula is C7H13Cl3NO5P. The first-order valence-corrected chi connectivity index (χ1v) is 7.53. The summed E-state index contributed by atoms with van der Waals surface area (Å²) in [6, 6.07) is 0. The molecule has 1 atom stereocenters. The van der Waals surface area contributed by atoms with Gasteiger partial charge in [0.15, 0.2) is 4.46 Å². The number of alkyl halides is 3. The SMILES string of the molecule is CCC(Cl)C(Cl)(Cl)N(CC(=O)O)CP(=O)(O)O. The third kappa shape index (κ3) is 6.25. The minimum atomic E-state index is -4.49. The van der Waals surface area contributed by atoms with Crippen LogP contribution < -0.4 is 0 Å². The summed E-state index contributed by atoms with van der Waals surface area (Å²) in [5.74, 6) is -1.32. The second kappa shape index (κ2) is 6.57. The second-order valence-electron chi connectivity index (χ2n) is 3.36. The number of carboxylic acid groups (broad SMARTS) is 1. The lowest BCUT2D eigenvalue weighted by atomic mass is 10.3. The summed E-state index contributed by atoms with van der Waals surface area (Å²) in [5, 5.41) is 7.78. The van der Waals surface area contributed by atoms with Crippen molar-refractivity contribution in [1.29, 1.82) is 0 Å². The lowest BCUT2D eigenvalue weighted by Gasteiger charge is -2.35. The molecule has 0 saturated carbocycles. The molecule has 1 unspecified atom stereocenters. The maximum absolute atomic E-state index is 10.9. The molecule has 0 rings (SSSR count). The molecule has 0 amide bonds. The van der Waals surface area contributed by atoms with E-state index < -0.39 is 36.2 Å². The average molecular weight is 329 g/mol. The van der Waals surface area contributed by atoms with Crippen molar-refractivity contribution in [2.75, 3.05) is 12.8 Å². The van der Waals surface area contributed by atoms with Gasteiger partial charge < -0.3 is 14.9 Å². The summed E-state index contributed by atoms with van der Waals surface area (Å²) >= 11 is 17.5. The Bertz CT molecular complexity index is 321. The van der Waals surface area contributed by atoms with Crippen molar-refractivity contribution in [2.45, 2.75) is 23.2 Å². The molecule has 0 aromatic rings. The maximum Gasteiger partial charge on any atom is 0.339 e. The van der Waals surface area contributed by atoms with Crippen LogP contribution in [-0.4, -0.2) is 48.4 Å². The Labute approximate surface area is 114 Å². The lowest BCUT2D eigenvalue weighted by Crippen LogP contribution is -2.48. The number of hydrogen-bond acceptors (Lipinski definition) is 3. The van der Waals surface area contributed by atoms with Crippen LogP contribution in [0.15, 0.2) is 0 Å². The molecule has 6 nitrogen and oxygen atoms in total. The summed E-state index contributed by atoms with van der Waals surface area (Å²) in [5.41, 5.74) is 0. The highest BCUT2D eigenvalue weighted by Crippen LogP contribution is 2.42. The molecule has 0 aromatic heterocycles. The first kappa shape index (κ1) is 17.4. The molecule has 0 saturated heterocycles. The quantitative estimate of drug-likeness (QED) is 0.373.